The average molecular weight is 742 g/mol. The highest BCUT2D eigenvalue weighted by Gasteiger charge is 2.36. The normalized spacial score (nSPS) is 20.6. The van der Waals surface area contributed by atoms with E-state index in [0.717, 1.165) is 84.6 Å². The van der Waals surface area contributed by atoms with Gasteiger partial charge in [0.2, 0.25) is 0 Å². The molecule has 1 aromatic heterocycles. The lowest BCUT2D eigenvalue weighted by Gasteiger charge is -2.40. The topological polar surface area (TPSA) is 105 Å². The van der Waals surface area contributed by atoms with Crippen molar-refractivity contribution in [1.82, 2.24) is 20.3 Å². The number of nitrogens with one attached hydrogen (secondary N) is 2. The van der Waals surface area contributed by atoms with Crippen molar-refractivity contribution in [2.75, 3.05) is 38.5 Å². The van der Waals surface area contributed by atoms with Crippen LogP contribution in [0, 0.1) is 5.82 Å². The number of esters is 1. The van der Waals surface area contributed by atoms with Crippen molar-refractivity contribution < 1.29 is 28.2 Å². The highest BCUT2D eigenvalue weighted by Crippen LogP contribution is 2.43. The number of carbonyl (C=O) groups is 2. The minimum atomic E-state index is -0.913. The van der Waals surface area contributed by atoms with Crippen LogP contribution in [-0.4, -0.2) is 83.7 Å². The highest BCUT2D eigenvalue weighted by atomic mass is 19.1. The average Bonchev–Trinajstić information content (AvgIpc) is 3.25. The third kappa shape index (κ3) is 9.92. The van der Waals surface area contributed by atoms with Gasteiger partial charge in [-0.05, 0) is 113 Å². The predicted octanol–water partition coefficient (Wildman–Crippen LogP) is 8.11. The Hall–Kier alpha value is -4.16. The van der Waals surface area contributed by atoms with Gasteiger partial charge in [0.05, 0.1) is 30.0 Å². The van der Waals surface area contributed by atoms with Gasteiger partial charge in [-0.1, -0.05) is 44.2 Å². The number of nitrogens with zero attached hydrogens (tertiary/aromatic N) is 3. The molecule has 0 saturated carbocycles. The Morgan fingerprint density at radius 1 is 1.06 bits per heavy atom. The number of piperazine rings is 1. The predicted molar refractivity (Wildman–Crippen MR) is 210 cm³/mol. The molecule has 3 heterocycles. The summed E-state index contributed by atoms with van der Waals surface area (Å²) in [5.74, 6) is -1.48. The first-order valence-electron chi connectivity index (χ1n) is 19.3. The Balaban J connectivity index is 1.38. The molecular formula is C43H56FN5O5. The van der Waals surface area contributed by atoms with E-state index in [1.807, 2.05) is 70.0 Å². The first kappa shape index (κ1) is 39.5. The van der Waals surface area contributed by atoms with E-state index in [4.69, 9.17) is 19.2 Å². The van der Waals surface area contributed by atoms with Gasteiger partial charge in [0, 0.05) is 49.4 Å². The monoisotopic (exact) mass is 741 g/mol. The van der Waals surface area contributed by atoms with E-state index in [9.17, 15) is 14.0 Å². The minimum absolute atomic E-state index is 0.0449. The molecule has 3 aromatic rings. The van der Waals surface area contributed by atoms with Crippen LogP contribution in [-0.2, 0) is 31.8 Å². The number of rotatable bonds is 8. The standard InChI is InChI=1S/C43H56FN5O5/c1-27(2)39-35(19-18-32-25-33(53-43(6,7)52-32)26-37(50)54-42(3,4)5)38(29-12-15-30(44)16-13-29)34-11-9-10-28-14-17-31(24-36(28)40(34)46-39)45-41(51)47-49-22-20-48(8)21-23-49/h12-19,24,27,32-33H,9-11,20-23,25-26H2,1-8H3,(H2,45,47,51)/t32-,33-/m1/s1. The van der Waals surface area contributed by atoms with Crippen molar-refractivity contribution in [3.63, 3.8) is 0 Å². The van der Waals surface area contributed by atoms with Crippen molar-refractivity contribution in [2.45, 2.75) is 110 Å². The van der Waals surface area contributed by atoms with E-state index < -0.39 is 11.4 Å². The number of carbonyl (C=O) groups excluding carboxylic acids is 2. The number of fused-ring (bicyclic) bond motifs is 3. The van der Waals surface area contributed by atoms with Crippen LogP contribution >= 0.6 is 0 Å². The number of benzene rings is 2. The number of likely N-dealkylation sites (N-methyl/N-ethyl adjacent to an activating group) is 1. The Morgan fingerprint density at radius 3 is 2.46 bits per heavy atom. The maximum Gasteiger partial charge on any atom is 0.333 e. The molecule has 0 radical (unpaired) electrons. The van der Waals surface area contributed by atoms with Gasteiger partial charge < -0.3 is 24.4 Å². The zero-order valence-corrected chi connectivity index (χ0v) is 33.1. The van der Waals surface area contributed by atoms with E-state index in [-0.39, 0.29) is 42.4 Å². The van der Waals surface area contributed by atoms with Crippen LogP contribution in [0.15, 0.2) is 48.5 Å². The largest absolute Gasteiger partial charge is 0.460 e. The molecule has 0 bridgehead atoms. The molecule has 11 heteroatoms. The Bertz CT molecular complexity index is 1860. The zero-order valence-electron chi connectivity index (χ0n) is 33.1. The molecule has 3 aliphatic rings. The number of aryl methyl sites for hydroxylation is 1. The summed E-state index contributed by atoms with van der Waals surface area (Å²) in [7, 11) is 2.08. The smallest absolute Gasteiger partial charge is 0.333 e. The Morgan fingerprint density at radius 2 is 1.78 bits per heavy atom. The molecule has 2 saturated heterocycles. The molecule has 2 atom stereocenters. The van der Waals surface area contributed by atoms with E-state index in [1.54, 1.807) is 0 Å². The quantitative estimate of drug-likeness (QED) is 0.223. The molecule has 6 rings (SSSR count). The van der Waals surface area contributed by atoms with Gasteiger partial charge in [-0.25, -0.2) is 14.2 Å². The molecule has 2 aromatic carbocycles. The molecule has 1 aliphatic carbocycles. The van der Waals surface area contributed by atoms with Gasteiger partial charge >= 0.3 is 12.0 Å². The third-order valence-corrected chi connectivity index (χ3v) is 9.98. The summed E-state index contributed by atoms with van der Waals surface area (Å²) in [6.07, 6.45) is 6.54. The lowest BCUT2D eigenvalue weighted by Crippen LogP contribution is -2.53. The number of amides is 2. The molecule has 54 heavy (non-hydrogen) atoms. The first-order valence-corrected chi connectivity index (χ1v) is 19.3. The van der Waals surface area contributed by atoms with E-state index in [2.05, 4.69) is 48.7 Å². The molecule has 0 unspecified atom stereocenters. The van der Waals surface area contributed by atoms with Crippen molar-refractivity contribution >= 4 is 23.8 Å². The van der Waals surface area contributed by atoms with Crippen LogP contribution in [0.4, 0.5) is 14.9 Å². The molecule has 10 nitrogen and oxygen atoms in total. The van der Waals surface area contributed by atoms with Crippen LogP contribution < -0.4 is 10.7 Å². The van der Waals surface area contributed by atoms with Gasteiger partial charge in [-0.15, -0.1) is 0 Å². The fourth-order valence-electron chi connectivity index (χ4n) is 7.61. The van der Waals surface area contributed by atoms with Gasteiger partial charge in [-0.2, -0.15) is 0 Å². The van der Waals surface area contributed by atoms with Crippen molar-refractivity contribution in [1.29, 1.82) is 0 Å². The van der Waals surface area contributed by atoms with Crippen LogP contribution in [0.5, 0.6) is 0 Å². The lowest BCUT2D eigenvalue weighted by molar-refractivity contribution is -0.290. The molecule has 0 spiro atoms. The zero-order chi connectivity index (χ0) is 38.8. The van der Waals surface area contributed by atoms with Crippen LogP contribution in [0.3, 0.4) is 0 Å². The SMILES string of the molecule is CC(C)c1nc2c(c(-c3ccc(F)cc3)c1C=C[C@@H]1C[C@H](CC(=O)OC(C)(C)C)OC(C)(C)O1)CCCc1ccc(NC(=O)NN3CCN(C)CC3)cc1-2. The summed E-state index contributed by atoms with van der Waals surface area (Å²) < 4.78 is 32.5. The summed E-state index contributed by atoms with van der Waals surface area (Å²) in [4.78, 5) is 33.5. The third-order valence-electron chi connectivity index (χ3n) is 9.98. The van der Waals surface area contributed by atoms with Crippen LogP contribution in [0.25, 0.3) is 28.5 Å². The van der Waals surface area contributed by atoms with Gasteiger partial charge in [0.1, 0.15) is 11.4 Å². The number of pyridine rings is 1. The van der Waals surface area contributed by atoms with E-state index >= 15 is 0 Å². The van der Waals surface area contributed by atoms with E-state index in [1.165, 1.54) is 17.7 Å². The van der Waals surface area contributed by atoms with E-state index in [0.29, 0.717) is 12.1 Å². The molecule has 2 aliphatic heterocycles. The summed E-state index contributed by atoms with van der Waals surface area (Å²) >= 11 is 0. The number of anilines is 1. The Labute approximate surface area is 319 Å². The fourth-order valence-corrected chi connectivity index (χ4v) is 7.61. The number of hydrogen-bond acceptors (Lipinski definition) is 8. The Kier molecular flexibility index (Phi) is 11.9. The maximum atomic E-state index is 14.4. The number of ether oxygens (including phenoxy) is 3. The number of hydrazine groups is 1. The van der Waals surface area contributed by atoms with Gasteiger partial charge in [0.15, 0.2) is 5.79 Å². The second kappa shape index (κ2) is 16.3. The molecular weight excluding hydrogens is 686 g/mol. The maximum absolute atomic E-state index is 14.4. The first-order chi connectivity index (χ1) is 25.5. The van der Waals surface area contributed by atoms with Crippen LogP contribution in [0.2, 0.25) is 0 Å². The van der Waals surface area contributed by atoms with Crippen LogP contribution in [0.1, 0.15) is 96.0 Å². The summed E-state index contributed by atoms with van der Waals surface area (Å²) in [5.41, 5.74) is 11.0. The summed E-state index contributed by atoms with van der Waals surface area (Å²) in [6, 6.07) is 12.5. The molecule has 2 fully saturated rings. The molecule has 2 amide bonds. The number of urea groups is 1. The van der Waals surface area contributed by atoms with Crippen molar-refractivity contribution in [3.05, 3.63) is 76.7 Å². The van der Waals surface area contributed by atoms with Gasteiger partial charge in [0.25, 0.3) is 0 Å². The molecule has 290 valence electrons. The fraction of sp³-hybridized carbons (Fsp3) is 0.512. The number of hydrogen-bond donors (Lipinski definition) is 2. The second-order valence-corrected chi connectivity index (χ2v) is 16.5. The summed E-state index contributed by atoms with van der Waals surface area (Å²) in [5, 5.41) is 5.00. The van der Waals surface area contributed by atoms with Crippen molar-refractivity contribution in [3.8, 4) is 22.4 Å². The van der Waals surface area contributed by atoms with Gasteiger partial charge in [-0.3, -0.25) is 15.2 Å². The highest BCUT2D eigenvalue weighted by molar-refractivity contribution is 5.91. The molecule has 2 N–H and O–H groups in total. The summed E-state index contributed by atoms with van der Waals surface area (Å²) in [6.45, 7) is 16.8. The second-order valence-electron chi connectivity index (χ2n) is 16.5. The number of aromatic nitrogens is 1. The number of halogens is 1. The minimum Gasteiger partial charge on any atom is -0.460 e. The lowest BCUT2D eigenvalue weighted by atomic mass is 9.86. The van der Waals surface area contributed by atoms with Crippen molar-refractivity contribution in [2.24, 2.45) is 0 Å².